The Morgan fingerprint density at radius 1 is 0.719 bits per heavy atom. The van der Waals surface area contributed by atoms with E-state index in [4.69, 9.17) is 9.97 Å². The highest BCUT2D eigenvalue weighted by atomic mass is 16.1. The molecule has 2 N–H and O–H groups in total. The van der Waals surface area contributed by atoms with E-state index in [1.54, 1.807) is 18.5 Å². The van der Waals surface area contributed by atoms with Gasteiger partial charge in [-0.2, -0.15) is 0 Å². The van der Waals surface area contributed by atoms with E-state index < -0.39 is 0 Å². The molecule has 0 unspecified atom stereocenters. The summed E-state index contributed by atoms with van der Waals surface area (Å²) in [4.78, 5) is 33.0. The van der Waals surface area contributed by atoms with Crippen LogP contribution in [0, 0.1) is 0 Å². The van der Waals surface area contributed by atoms with E-state index >= 15 is 0 Å². The lowest BCUT2D eigenvalue weighted by molar-refractivity contribution is 1.19. The first kappa shape index (κ1) is 18.2. The van der Waals surface area contributed by atoms with E-state index in [-0.39, 0.29) is 5.56 Å². The SMILES string of the molecule is O=c1[nH]c2nc(-c3ccccc3)c(-c3ccc4ncccc4c3)nc2cc1-c1ccc[nH]1. The van der Waals surface area contributed by atoms with Crippen LogP contribution in [0.5, 0.6) is 0 Å². The highest BCUT2D eigenvalue weighted by Gasteiger charge is 2.16. The molecule has 0 fully saturated rings. The van der Waals surface area contributed by atoms with Crippen molar-refractivity contribution in [3.63, 3.8) is 0 Å². The second-order valence-electron chi connectivity index (χ2n) is 7.53. The molecule has 0 spiro atoms. The van der Waals surface area contributed by atoms with Crippen molar-refractivity contribution in [1.82, 2.24) is 24.9 Å². The van der Waals surface area contributed by atoms with Crippen LogP contribution in [0.15, 0.2) is 96.1 Å². The van der Waals surface area contributed by atoms with Crippen LogP contribution in [0.4, 0.5) is 0 Å². The summed E-state index contributed by atoms with van der Waals surface area (Å²) in [6.45, 7) is 0. The van der Waals surface area contributed by atoms with Gasteiger partial charge in [0.25, 0.3) is 5.56 Å². The summed E-state index contributed by atoms with van der Waals surface area (Å²) in [5.41, 5.74) is 6.37. The van der Waals surface area contributed by atoms with Gasteiger partial charge in [-0.15, -0.1) is 0 Å². The smallest absolute Gasteiger partial charge is 0.259 e. The van der Waals surface area contributed by atoms with E-state index in [1.165, 1.54) is 0 Å². The number of fused-ring (bicyclic) bond motifs is 2. The maximum Gasteiger partial charge on any atom is 0.259 e. The van der Waals surface area contributed by atoms with Crippen molar-refractivity contribution in [3.05, 3.63) is 102 Å². The van der Waals surface area contributed by atoms with Gasteiger partial charge in [0.05, 0.1) is 28.2 Å². The second-order valence-corrected chi connectivity index (χ2v) is 7.53. The van der Waals surface area contributed by atoms with Crippen LogP contribution >= 0.6 is 0 Å². The topological polar surface area (TPSA) is 87.3 Å². The lowest BCUT2D eigenvalue weighted by atomic mass is 10.0. The fourth-order valence-corrected chi connectivity index (χ4v) is 3.94. The maximum atomic E-state index is 12.7. The van der Waals surface area contributed by atoms with Gasteiger partial charge in [0.1, 0.15) is 5.52 Å². The van der Waals surface area contributed by atoms with Crippen molar-refractivity contribution in [2.24, 2.45) is 0 Å². The molecular formula is C26H17N5O. The number of pyridine rings is 2. The van der Waals surface area contributed by atoms with Crippen molar-refractivity contribution < 1.29 is 0 Å². The summed E-state index contributed by atoms with van der Waals surface area (Å²) in [6.07, 6.45) is 3.57. The fourth-order valence-electron chi connectivity index (χ4n) is 3.94. The van der Waals surface area contributed by atoms with Gasteiger partial charge in [-0.25, -0.2) is 9.97 Å². The number of rotatable bonds is 3. The number of benzene rings is 2. The Bertz CT molecular complexity index is 1640. The molecule has 0 aliphatic heterocycles. The molecule has 6 heteroatoms. The lowest BCUT2D eigenvalue weighted by Crippen LogP contribution is -2.11. The minimum Gasteiger partial charge on any atom is -0.361 e. The van der Waals surface area contributed by atoms with Crippen LogP contribution in [0.25, 0.3) is 55.8 Å². The number of aromatic nitrogens is 5. The van der Waals surface area contributed by atoms with Crippen molar-refractivity contribution in [1.29, 1.82) is 0 Å². The van der Waals surface area contributed by atoms with E-state index in [0.717, 1.165) is 33.4 Å². The highest BCUT2D eigenvalue weighted by molar-refractivity contribution is 5.90. The first-order valence-electron chi connectivity index (χ1n) is 10.3. The molecule has 0 aliphatic carbocycles. The van der Waals surface area contributed by atoms with E-state index in [2.05, 4.69) is 21.0 Å². The summed E-state index contributed by atoms with van der Waals surface area (Å²) < 4.78 is 0. The maximum absolute atomic E-state index is 12.7. The van der Waals surface area contributed by atoms with Crippen molar-refractivity contribution >= 4 is 22.1 Å². The molecular weight excluding hydrogens is 398 g/mol. The molecule has 0 atom stereocenters. The minimum absolute atomic E-state index is 0.210. The fraction of sp³-hybridized carbons (Fsp3) is 0. The van der Waals surface area contributed by atoms with Crippen molar-refractivity contribution in [2.75, 3.05) is 0 Å². The number of H-pyrrole nitrogens is 2. The molecule has 0 saturated heterocycles. The molecule has 152 valence electrons. The van der Waals surface area contributed by atoms with Gasteiger partial charge in [0, 0.05) is 28.9 Å². The van der Waals surface area contributed by atoms with Gasteiger partial charge >= 0.3 is 0 Å². The number of hydrogen-bond donors (Lipinski definition) is 2. The summed E-state index contributed by atoms with van der Waals surface area (Å²) in [6, 6.07) is 25.4. The molecule has 0 saturated carbocycles. The summed E-state index contributed by atoms with van der Waals surface area (Å²) in [7, 11) is 0. The van der Waals surface area contributed by atoms with E-state index in [9.17, 15) is 4.79 Å². The number of nitrogens with zero attached hydrogens (tertiary/aromatic N) is 3. The Hall–Kier alpha value is -4.58. The Balaban J connectivity index is 1.65. The van der Waals surface area contributed by atoms with Crippen LogP contribution in [0.2, 0.25) is 0 Å². The van der Waals surface area contributed by atoms with Crippen LogP contribution < -0.4 is 5.56 Å². The molecule has 0 aliphatic rings. The zero-order valence-corrected chi connectivity index (χ0v) is 16.9. The third-order valence-electron chi connectivity index (χ3n) is 5.49. The molecule has 4 heterocycles. The highest BCUT2D eigenvalue weighted by Crippen LogP contribution is 2.32. The Labute approximate surface area is 182 Å². The Kier molecular flexibility index (Phi) is 4.14. The molecule has 4 aromatic heterocycles. The monoisotopic (exact) mass is 415 g/mol. The summed E-state index contributed by atoms with van der Waals surface area (Å²) in [5, 5.41) is 1.03. The number of aromatic amines is 2. The molecule has 32 heavy (non-hydrogen) atoms. The third kappa shape index (κ3) is 3.06. The summed E-state index contributed by atoms with van der Waals surface area (Å²) >= 11 is 0. The normalized spacial score (nSPS) is 11.2. The van der Waals surface area contributed by atoms with Crippen LogP contribution in [0.1, 0.15) is 0 Å². The second kappa shape index (κ2) is 7.28. The van der Waals surface area contributed by atoms with Crippen LogP contribution in [-0.4, -0.2) is 24.9 Å². The van der Waals surface area contributed by atoms with Crippen molar-refractivity contribution in [2.45, 2.75) is 0 Å². The number of nitrogens with one attached hydrogen (secondary N) is 2. The zero-order chi connectivity index (χ0) is 21.5. The van der Waals surface area contributed by atoms with Gasteiger partial charge in [-0.05, 0) is 36.4 Å². The molecule has 6 rings (SSSR count). The van der Waals surface area contributed by atoms with Gasteiger partial charge in [-0.3, -0.25) is 9.78 Å². The zero-order valence-electron chi connectivity index (χ0n) is 16.9. The van der Waals surface area contributed by atoms with E-state index in [1.807, 2.05) is 66.7 Å². The average Bonchev–Trinajstić information content (AvgIpc) is 3.38. The first-order chi connectivity index (χ1) is 15.8. The third-order valence-corrected chi connectivity index (χ3v) is 5.49. The molecule has 0 bridgehead atoms. The van der Waals surface area contributed by atoms with Crippen molar-refractivity contribution in [3.8, 4) is 33.8 Å². The predicted octanol–water partition coefficient (Wildman–Crippen LogP) is 5.20. The predicted molar refractivity (Wildman–Crippen MR) is 126 cm³/mol. The Morgan fingerprint density at radius 2 is 1.59 bits per heavy atom. The lowest BCUT2D eigenvalue weighted by Gasteiger charge is -2.11. The molecule has 2 aromatic carbocycles. The molecule has 6 aromatic rings. The van der Waals surface area contributed by atoms with Gasteiger partial charge in [0.15, 0.2) is 5.65 Å². The standard InChI is InChI=1S/C26H17N5O/c32-26-19(21-9-5-13-28-21)15-22-25(31-26)30-23(16-6-2-1-3-7-16)24(29-22)18-10-11-20-17(14-18)8-4-12-27-20/h1-15,28H,(H,30,31,32). The van der Waals surface area contributed by atoms with Gasteiger partial charge in [0.2, 0.25) is 0 Å². The summed E-state index contributed by atoms with van der Waals surface area (Å²) in [5.74, 6) is 0. The van der Waals surface area contributed by atoms with Crippen LogP contribution in [-0.2, 0) is 0 Å². The molecule has 0 radical (unpaired) electrons. The van der Waals surface area contributed by atoms with E-state index in [0.29, 0.717) is 22.4 Å². The van der Waals surface area contributed by atoms with Gasteiger partial charge in [-0.1, -0.05) is 42.5 Å². The number of hydrogen-bond acceptors (Lipinski definition) is 4. The quantitative estimate of drug-likeness (QED) is 0.416. The van der Waals surface area contributed by atoms with Crippen LogP contribution in [0.3, 0.4) is 0 Å². The average molecular weight is 415 g/mol. The Morgan fingerprint density at radius 3 is 2.44 bits per heavy atom. The van der Waals surface area contributed by atoms with Gasteiger partial charge < -0.3 is 9.97 Å². The first-order valence-corrected chi connectivity index (χ1v) is 10.3. The minimum atomic E-state index is -0.210. The largest absolute Gasteiger partial charge is 0.361 e. The molecule has 6 nitrogen and oxygen atoms in total. The molecule has 0 amide bonds.